The lowest BCUT2D eigenvalue weighted by molar-refractivity contribution is 0.186. The lowest BCUT2D eigenvalue weighted by atomic mass is 9.96. The van der Waals surface area contributed by atoms with E-state index in [2.05, 4.69) is 25.3 Å². The SMILES string of the molecule is Cc1cc(N2CCN(C(=O)NC3CCCCC3)CC2)n2ncnc2n1. The minimum absolute atomic E-state index is 0.0864. The quantitative estimate of drug-likeness (QED) is 0.896. The fraction of sp³-hybridized carbons (Fsp3) is 0.647. The van der Waals surface area contributed by atoms with Gasteiger partial charge in [-0.3, -0.25) is 0 Å². The van der Waals surface area contributed by atoms with Gasteiger partial charge < -0.3 is 15.1 Å². The van der Waals surface area contributed by atoms with Crippen LogP contribution in [0, 0.1) is 6.92 Å². The van der Waals surface area contributed by atoms with Crippen molar-refractivity contribution in [1.82, 2.24) is 29.8 Å². The minimum Gasteiger partial charge on any atom is -0.353 e. The van der Waals surface area contributed by atoms with Gasteiger partial charge in [0.2, 0.25) is 0 Å². The average molecular weight is 343 g/mol. The van der Waals surface area contributed by atoms with Crippen LogP contribution in [-0.4, -0.2) is 62.7 Å². The third-order valence-electron chi connectivity index (χ3n) is 5.18. The molecule has 8 heteroatoms. The van der Waals surface area contributed by atoms with Gasteiger partial charge in [0, 0.05) is 44.0 Å². The molecular weight excluding hydrogens is 318 g/mol. The number of urea groups is 1. The summed E-state index contributed by atoms with van der Waals surface area (Å²) >= 11 is 0. The van der Waals surface area contributed by atoms with Gasteiger partial charge in [0.15, 0.2) is 0 Å². The van der Waals surface area contributed by atoms with Crippen LogP contribution in [0.1, 0.15) is 37.8 Å². The van der Waals surface area contributed by atoms with Gasteiger partial charge in [-0.15, -0.1) is 0 Å². The highest BCUT2D eigenvalue weighted by molar-refractivity contribution is 5.75. The zero-order chi connectivity index (χ0) is 17.2. The highest BCUT2D eigenvalue weighted by Gasteiger charge is 2.25. The standard InChI is InChI=1S/C17H25N7O/c1-13-11-15(24-16(20-13)18-12-19-24)22-7-9-23(10-8-22)17(25)21-14-5-3-2-4-6-14/h11-12,14H,2-10H2,1H3,(H,21,25). The number of anilines is 1. The fourth-order valence-electron chi connectivity index (χ4n) is 3.79. The molecule has 0 bridgehead atoms. The number of carbonyl (C=O) groups excluding carboxylic acids is 1. The first-order chi connectivity index (χ1) is 12.2. The van der Waals surface area contributed by atoms with Crippen LogP contribution >= 0.6 is 0 Å². The number of carbonyl (C=O) groups is 1. The van der Waals surface area contributed by atoms with Gasteiger partial charge in [0.25, 0.3) is 5.78 Å². The second kappa shape index (κ2) is 6.85. The Bertz CT molecular complexity index is 745. The van der Waals surface area contributed by atoms with Gasteiger partial charge in [-0.1, -0.05) is 19.3 Å². The second-order valence-electron chi connectivity index (χ2n) is 6.99. The first-order valence-corrected chi connectivity index (χ1v) is 9.18. The van der Waals surface area contributed by atoms with E-state index in [1.807, 2.05) is 17.9 Å². The fourth-order valence-corrected chi connectivity index (χ4v) is 3.79. The number of aryl methyl sites for hydroxylation is 1. The smallest absolute Gasteiger partial charge is 0.317 e. The number of nitrogens with one attached hydrogen (secondary N) is 1. The van der Waals surface area contributed by atoms with Crippen molar-refractivity contribution in [1.29, 1.82) is 0 Å². The molecule has 3 heterocycles. The molecule has 1 saturated heterocycles. The Hall–Kier alpha value is -2.38. The van der Waals surface area contributed by atoms with E-state index >= 15 is 0 Å². The molecular formula is C17H25N7O. The van der Waals surface area contributed by atoms with Gasteiger partial charge in [-0.2, -0.15) is 14.6 Å². The van der Waals surface area contributed by atoms with Crippen molar-refractivity contribution in [3.05, 3.63) is 18.1 Å². The summed E-state index contributed by atoms with van der Waals surface area (Å²) in [6.45, 7) is 4.98. The van der Waals surface area contributed by atoms with Gasteiger partial charge in [-0.05, 0) is 19.8 Å². The summed E-state index contributed by atoms with van der Waals surface area (Å²) in [6.07, 6.45) is 7.52. The van der Waals surface area contributed by atoms with E-state index in [4.69, 9.17) is 0 Å². The minimum atomic E-state index is 0.0864. The molecule has 4 rings (SSSR count). The summed E-state index contributed by atoms with van der Waals surface area (Å²) in [4.78, 5) is 25.2. The first-order valence-electron chi connectivity index (χ1n) is 9.18. The monoisotopic (exact) mass is 343 g/mol. The molecule has 2 aliphatic rings. The molecule has 1 saturated carbocycles. The van der Waals surface area contributed by atoms with Crippen LogP contribution in [0.25, 0.3) is 5.78 Å². The van der Waals surface area contributed by atoms with Crippen molar-refractivity contribution in [2.75, 3.05) is 31.1 Å². The number of fused-ring (bicyclic) bond motifs is 1. The van der Waals surface area contributed by atoms with Crippen LogP contribution < -0.4 is 10.2 Å². The third kappa shape index (κ3) is 3.38. The highest BCUT2D eigenvalue weighted by Crippen LogP contribution is 2.19. The summed E-state index contributed by atoms with van der Waals surface area (Å²) in [7, 11) is 0. The van der Waals surface area contributed by atoms with Crippen LogP contribution in [-0.2, 0) is 0 Å². The maximum absolute atomic E-state index is 12.5. The molecule has 2 amide bonds. The zero-order valence-corrected chi connectivity index (χ0v) is 14.7. The number of piperazine rings is 1. The Labute approximate surface area is 147 Å². The molecule has 0 aromatic carbocycles. The molecule has 0 radical (unpaired) electrons. The van der Waals surface area contributed by atoms with E-state index in [-0.39, 0.29) is 6.03 Å². The Morgan fingerprint density at radius 2 is 1.92 bits per heavy atom. The first kappa shape index (κ1) is 16.1. The summed E-state index contributed by atoms with van der Waals surface area (Å²) in [6, 6.07) is 2.47. The van der Waals surface area contributed by atoms with Crippen LogP contribution in [0.3, 0.4) is 0 Å². The predicted octanol–water partition coefficient (Wildman–Crippen LogP) is 1.60. The molecule has 2 aromatic heterocycles. The summed E-state index contributed by atoms with van der Waals surface area (Å²) in [5.41, 5.74) is 0.924. The Morgan fingerprint density at radius 3 is 2.68 bits per heavy atom. The van der Waals surface area contributed by atoms with E-state index in [0.29, 0.717) is 11.8 Å². The number of hydrogen-bond donors (Lipinski definition) is 1. The van der Waals surface area contributed by atoms with Crippen LogP contribution in [0.2, 0.25) is 0 Å². The molecule has 0 spiro atoms. The van der Waals surface area contributed by atoms with Crippen molar-refractivity contribution in [3.63, 3.8) is 0 Å². The van der Waals surface area contributed by atoms with Crippen LogP contribution in [0.4, 0.5) is 10.6 Å². The molecule has 0 atom stereocenters. The summed E-state index contributed by atoms with van der Waals surface area (Å²) in [5, 5.41) is 7.48. The van der Waals surface area contributed by atoms with Gasteiger partial charge in [-0.25, -0.2) is 9.78 Å². The topological polar surface area (TPSA) is 78.7 Å². The van der Waals surface area contributed by atoms with Crippen LogP contribution in [0.5, 0.6) is 0 Å². The van der Waals surface area contributed by atoms with E-state index in [0.717, 1.165) is 50.5 Å². The molecule has 1 aliphatic carbocycles. The van der Waals surface area contributed by atoms with Crippen molar-refractivity contribution >= 4 is 17.6 Å². The highest BCUT2D eigenvalue weighted by atomic mass is 16.2. The Balaban J connectivity index is 1.39. The van der Waals surface area contributed by atoms with Gasteiger partial charge in [0.05, 0.1) is 0 Å². The molecule has 134 valence electrons. The van der Waals surface area contributed by atoms with Crippen molar-refractivity contribution in [2.24, 2.45) is 0 Å². The lowest BCUT2D eigenvalue weighted by Crippen LogP contribution is -2.54. The summed E-state index contributed by atoms with van der Waals surface area (Å²) in [5.74, 6) is 1.61. The summed E-state index contributed by atoms with van der Waals surface area (Å²) < 4.78 is 1.77. The van der Waals surface area contributed by atoms with Gasteiger partial charge >= 0.3 is 6.03 Å². The van der Waals surface area contributed by atoms with E-state index < -0.39 is 0 Å². The van der Waals surface area contributed by atoms with E-state index in [1.54, 1.807) is 4.52 Å². The number of rotatable bonds is 2. The molecule has 0 unspecified atom stereocenters. The Kier molecular flexibility index (Phi) is 4.42. The van der Waals surface area contributed by atoms with Crippen LogP contribution in [0.15, 0.2) is 12.4 Å². The number of nitrogens with zero attached hydrogens (tertiary/aromatic N) is 6. The molecule has 8 nitrogen and oxygen atoms in total. The normalized spacial score (nSPS) is 19.4. The average Bonchev–Trinajstić information content (AvgIpc) is 3.10. The lowest BCUT2D eigenvalue weighted by Gasteiger charge is -2.37. The largest absolute Gasteiger partial charge is 0.353 e. The van der Waals surface area contributed by atoms with Crippen molar-refractivity contribution in [3.8, 4) is 0 Å². The van der Waals surface area contributed by atoms with Gasteiger partial charge in [0.1, 0.15) is 12.1 Å². The zero-order valence-electron chi connectivity index (χ0n) is 14.7. The maximum Gasteiger partial charge on any atom is 0.317 e. The molecule has 2 fully saturated rings. The number of amides is 2. The number of aromatic nitrogens is 4. The maximum atomic E-state index is 12.5. The molecule has 1 N–H and O–H groups in total. The third-order valence-corrected chi connectivity index (χ3v) is 5.18. The Morgan fingerprint density at radius 1 is 1.16 bits per heavy atom. The molecule has 2 aromatic rings. The van der Waals surface area contributed by atoms with Crippen molar-refractivity contribution < 1.29 is 4.79 Å². The van der Waals surface area contributed by atoms with E-state index in [9.17, 15) is 4.79 Å². The predicted molar refractivity (Wildman–Crippen MR) is 94.7 cm³/mol. The second-order valence-corrected chi connectivity index (χ2v) is 6.99. The van der Waals surface area contributed by atoms with Crippen molar-refractivity contribution in [2.45, 2.75) is 45.1 Å². The molecule has 1 aliphatic heterocycles. The molecule has 25 heavy (non-hydrogen) atoms. The number of hydrogen-bond acceptors (Lipinski definition) is 5. The van der Waals surface area contributed by atoms with E-state index in [1.165, 1.54) is 25.6 Å².